The van der Waals surface area contributed by atoms with E-state index >= 15 is 0 Å². The van der Waals surface area contributed by atoms with Crippen molar-refractivity contribution in [3.63, 3.8) is 0 Å². The highest BCUT2D eigenvalue weighted by Gasteiger charge is 2.32. The fraction of sp³-hybridized carbons (Fsp3) is 0.857. The molecule has 0 aliphatic carbocycles. The van der Waals surface area contributed by atoms with Crippen LogP contribution in [0.2, 0.25) is 0 Å². The molecular formula is C7H14O7S. The van der Waals surface area contributed by atoms with Gasteiger partial charge in [-0.25, -0.2) is 0 Å². The summed E-state index contributed by atoms with van der Waals surface area (Å²) >= 11 is 0. The molecule has 0 amide bonds. The highest BCUT2D eigenvalue weighted by Crippen LogP contribution is 2.03. The Labute approximate surface area is 87.7 Å². The van der Waals surface area contributed by atoms with Crippen molar-refractivity contribution in [1.82, 2.24) is 0 Å². The molecule has 0 aliphatic heterocycles. The predicted molar refractivity (Wildman–Crippen MR) is 49.9 cm³/mol. The Morgan fingerprint density at radius 3 is 2.33 bits per heavy atom. The zero-order valence-electron chi connectivity index (χ0n) is 8.41. The van der Waals surface area contributed by atoms with Gasteiger partial charge in [-0.05, 0) is 6.92 Å². The molecule has 0 aromatic heterocycles. The van der Waals surface area contributed by atoms with Crippen molar-refractivity contribution in [2.24, 2.45) is 0 Å². The molecule has 0 heterocycles. The van der Waals surface area contributed by atoms with E-state index in [1.165, 1.54) is 14.0 Å². The normalized spacial score (nSPS) is 16.0. The van der Waals surface area contributed by atoms with Crippen LogP contribution < -0.4 is 0 Å². The summed E-state index contributed by atoms with van der Waals surface area (Å²) in [6.07, 6.45) is -1.13. The Morgan fingerprint density at radius 1 is 1.40 bits per heavy atom. The smallest absolute Gasteiger partial charge is 0.299 e. The highest BCUT2D eigenvalue weighted by atomic mass is 32.2. The number of carbonyl (C=O) groups is 1. The van der Waals surface area contributed by atoms with Gasteiger partial charge in [0.1, 0.15) is 6.10 Å². The van der Waals surface area contributed by atoms with Gasteiger partial charge in [-0.15, -0.1) is 0 Å². The number of rotatable bonds is 7. The SMILES string of the molecule is COCCO[C@H](C)C(=O)[C@@H](O)S(=O)(=O)O. The minimum absolute atomic E-state index is 0.0849. The molecule has 0 unspecified atom stereocenters. The summed E-state index contributed by atoms with van der Waals surface area (Å²) in [6.45, 7) is 1.59. The summed E-state index contributed by atoms with van der Waals surface area (Å²) < 4.78 is 38.7. The second-order valence-electron chi connectivity index (χ2n) is 2.78. The van der Waals surface area contributed by atoms with Crippen LogP contribution in [0.15, 0.2) is 0 Å². The lowest BCUT2D eigenvalue weighted by atomic mass is 10.3. The molecule has 15 heavy (non-hydrogen) atoms. The van der Waals surface area contributed by atoms with Crippen LogP contribution in [-0.4, -0.2) is 55.7 Å². The predicted octanol–water partition coefficient (Wildman–Crippen LogP) is -1.19. The van der Waals surface area contributed by atoms with Crippen LogP contribution in [-0.2, 0) is 24.4 Å². The van der Waals surface area contributed by atoms with Crippen LogP contribution in [0, 0.1) is 0 Å². The summed E-state index contributed by atoms with van der Waals surface area (Å²) in [5.41, 5.74) is -2.46. The molecule has 0 spiro atoms. The summed E-state index contributed by atoms with van der Waals surface area (Å²) in [5, 5.41) is 8.88. The Hall–Kier alpha value is -0.540. The monoisotopic (exact) mass is 242 g/mol. The lowest BCUT2D eigenvalue weighted by Gasteiger charge is -2.13. The number of hydrogen-bond acceptors (Lipinski definition) is 6. The lowest BCUT2D eigenvalue weighted by molar-refractivity contribution is -0.135. The minimum Gasteiger partial charge on any atom is -0.382 e. The molecule has 7 nitrogen and oxygen atoms in total. The van der Waals surface area contributed by atoms with Crippen molar-refractivity contribution in [2.45, 2.75) is 18.5 Å². The van der Waals surface area contributed by atoms with Crippen LogP contribution in [0.5, 0.6) is 0 Å². The molecule has 0 aromatic rings. The van der Waals surface area contributed by atoms with Gasteiger partial charge in [0.15, 0.2) is 0 Å². The van der Waals surface area contributed by atoms with E-state index in [0.29, 0.717) is 0 Å². The maximum atomic E-state index is 11.1. The quantitative estimate of drug-likeness (QED) is 0.426. The van der Waals surface area contributed by atoms with Crippen molar-refractivity contribution in [3.8, 4) is 0 Å². The Kier molecular flexibility index (Phi) is 5.91. The third kappa shape index (κ3) is 5.19. The molecule has 0 aliphatic rings. The number of hydrogen-bond donors (Lipinski definition) is 2. The number of carbonyl (C=O) groups excluding carboxylic acids is 1. The van der Waals surface area contributed by atoms with E-state index in [0.717, 1.165) is 0 Å². The summed E-state index contributed by atoms with van der Waals surface area (Å²) in [6, 6.07) is 0. The van der Waals surface area contributed by atoms with Gasteiger partial charge in [0.2, 0.25) is 11.2 Å². The summed E-state index contributed by atoms with van der Waals surface area (Å²) in [4.78, 5) is 11.1. The zero-order chi connectivity index (χ0) is 12.1. The zero-order valence-corrected chi connectivity index (χ0v) is 9.23. The van der Waals surface area contributed by atoms with Gasteiger partial charge < -0.3 is 14.6 Å². The van der Waals surface area contributed by atoms with E-state index in [1.54, 1.807) is 0 Å². The van der Waals surface area contributed by atoms with Crippen LogP contribution >= 0.6 is 0 Å². The first-order valence-corrected chi connectivity index (χ1v) is 5.59. The van der Waals surface area contributed by atoms with Crippen molar-refractivity contribution in [1.29, 1.82) is 0 Å². The molecule has 0 aromatic carbocycles. The molecule has 0 bridgehead atoms. The second kappa shape index (κ2) is 6.13. The van der Waals surface area contributed by atoms with Crippen molar-refractivity contribution >= 4 is 15.9 Å². The van der Waals surface area contributed by atoms with E-state index < -0.39 is 27.4 Å². The van der Waals surface area contributed by atoms with Gasteiger partial charge in [0.05, 0.1) is 13.2 Å². The number of Topliss-reactive ketones (excluding diaryl/α,β-unsaturated/α-hetero) is 1. The molecule has 0 rings (SSSR count). The second-order valence-corrected chi connectivity index (χ2v) is 4.25. The number of ether oxygens (including phenoxy) is 2. The van der Waals surface area contributed by atoms with Gasteiger partial charge in [-0.2, -0.15) is 8.42 Å². The van der Waals surface area contributed by atoms with Crippen LogP contribution in [0.1, 0.15) is 6.92 Å². The van der Waals surface area contributed by atoms with E-state index in [2.05, 4.69) is 4.74 Å². The fourth-order valence-electron chi connectivity index (χ4n) is 0.738. The van der Waals surface area contributed by atoms with Gasteiger partial charge in [0, 0.05) is 7.11 Å². The molecule has 0 fully saturated rings. The molecular weight excluding hydrogens is 228 g/mol. The van der Waals surface area contributed by atoms with Gasteiger partial charge in [-0.3, -0.25) is 9.35 Å². The largest absolute Gasteiger partial charge is 0.382 e. The van der Waals surface area contributed by atoms with Gasteiger partial charge >= 0.3 is 0 Å². The third-order valence-corrected chi connectivity index (χ3v) is 2.38. The minimum atomic E-state index is -4.78. The van der Waals surface area contributed by atoms with Crippen LogP contribution in [0.3, 0.4) is 0 Å². The van der Waals surface area contributed by atoms with E-state index in [1.807, 2.05) is 0 Å². The highest BCUT2D eigenvalue weighted by molar-refractivity contribution is 7.87. The van der Waals surface area contributed by atoms with Gasteiger partial charge in [0.25, 0.3) is 10.1 Å². The molecule has 0 saturated heterocycles. The average Bonchev–Trinajstić information content (AvgIpc) is 2.14. The maximum Gasteiger partial charge on any atom is 0.299 e. The molecule has 0 saturated carbocycles. The molecule has 0 radical (unpaired) electrons. The Morgan fingerprint density at radius 2 is 1.93 bits per heavy atom. The third-order valence-electron chi connectivity index (χ3n) is 1.58. The van der Waals surface area contributed by atoms with Gasteiger partial charge in [-0.1, -0.05) is 0 Å². The van der Waals surface area contributed by atoms with Crippen molar-refractivity contribution in [3.05, 3.63) is 0 Å². The molecule has 8 heteroatoms. The Balaban J connectivity index is 4.21. The Bertz CT molecular complexity index is 296. The summed E-state index contributed by atoms with van der Waals surface area (Å²) in [5.74, 6) is -1.12. The number of aliphatic hydroxyl groups is 1. The first-order chi connectivity index (χ1) is 6.80. The molecule has 90 valence electrons. The number of aliphatic hydroxyl groups excluding tert-OH is 1. The standard InChI is InChI=1S/C7H14O7S/c1-5(14-4-3-13-2)6(8)7(9)15(10,11)12/h5,7,9H,3-4H2,1-2H3,(H,10,11,12)/t5-,7+/m1/s1. The van der Waals surface area contributed by atoms with Crippen LogP contribution in [0.4, 0.5) is 0 Å². The molecule has 2 N–H and O–H groups in total. The van der Waals surface area contributed by atoms with Crippen molar-refractivity contribution < 1.29 is 32.3 Å². The maximum absolute atomic E-state index is 11.1. The number of ketones is 1. The average molecular weight is 242 g/mol. The fourth-order valence-corrected chi connectivity index (χ4v) is 1.22. The first kappa shape index (κ1) is 14.5. The van der Waals surface area contributed by atoms with E-state index in [9.17, 15) is 13.2 Å². The van der Waals surface area contributed by atoms with E-state index in [4.69, 9.17) is 14.4 Å². The summed E-state index contributed by atoms with van der Waals surface area (Å²) in [7, 11) is -3.35. The number of methoxy groups -OCH3 is 1. The van der Waals surface area contributed by atoms with E-state index in [-0.39, 0.29) is 13.2 Å². The topological polar surface area (TPSA) is 110 Å². The van der Waals surface area contributed by atoms with Crippen molar-refractivity contribution in [2.75, 3.05) is 20.3 Å². The lowest BCUT2D eigenvalue weighted by Crippen LogP contribution is -2.37. The molecule has 2 atom stereocenters. The first-order valence-electron chi connectivity index (χ1n) is 4.09. The van der Waals surface area contributed by atoms with Crippen LogP contribution in [0.25, 0.3) is 0 Å².